The Kier molecular flexibility index (Phi) is 6.80. The van der Waals surface area contributed by atoms with Crippen molar-refractivity contribution in [2.75, 3.05) is 52.6 Å². The normalized spacial score (nSPS) is 14.9. The Labute approximate surface area is 122 Å². The summed E-state index contributed by atoms with van der Waals surface area (Å²) in [7, 11) is 3.73. The SMILES string of the molecule is CN(C)CCN(CC(=O)O)C(=O)CCN1CCSC1=O. The van der Waals surface area contributed by atoms with Crippen molar-refractivity contribution < 1.29 is 19.5 Å². The van der Waals surface area contributed by atoms with Crippen molar-refractivity contribution in [3.05, 3.63) is 0 Å². The van der Waals surface area contributed by atoms with Crippen molar-refractivity contribution in [1.29, 1.82) is 0 Å². The second-order valence-electron chi connectivity index (χ2n) is 4.86. The van der Waals surface area contributed by atoms with E-state index < -0.39 is 5.97 Å². The van der Waals surface area contributed by atoms with E-state index in [1.165, 1.54) is 16.7 Å². The van der Waals surface area contributed by atoms with Crippen LogP contribution >= 0.6 is 11.8 Å². The van der Waals surface area contributed by atoms with Gasteiger partial charge in [0.05, 0.1) is 0 Å². The Bertz CT molecular complexity index is 376. The molecule has 0 aromatic heterocycles. The van der Waals surface area contributed by atoms with E-state index in [9.17, 15) is 14.4 Å². The highest BCUT2D eigenvalue weighted by molar-refractivity contribution is 8.13. The molecule has 1 heterocycles. The summed E-state index contributed by atoms with van der Waals surface area (Å²) in [5.74, 6) is -0.490. The molecule has 1 N–H and O–H groups in total. The first-order chi connectivity index (χ1) is 9.40. The number of aliphatic carboxylic acids is 1. The minimum Gasteiger partial charge on any atom is -0.480 e. The molecule has 8 heteroatoms. The Morgan fingerprint density at radius 2 is 2.05 bits per heavy atom. The molecule has 0 atom stereocenters. The van der Waals surface area contributed by atoms with Crippen LogP contribution in [-0.4, -0.2) is 89.5 Å². The van der Waals surface area contributed by atoms with Crippen molar-refractivity contribution in [3.8, 4) is 0 Å². The zero-order valence-corrected chi connectivity index (χ0v) is 12.7. The predicted molar refractivity (Wildman–Crippen MR) is 76.8 cm³/mol. The maximum atomic E-state index is 12.1. The number of carbonyl (C=O) groups is 3. The summed E-state index contributed by atoms with van der Waals surface area (Å²) >= 11 is 1.25. The Hall–Kier alpha value is -1.28. The Morgan fingerprint density at radius 3 is 2.55 bits per heavy atom. The number of carboxylic acids is 1. The zero-order chi connectivity index (χ0) is 15.1. The van der Waals surface area contributed by atoms with Gasteiger partial charge in [0.25, 0.3) is 5.24 Å². The van der Waals surface area contributed by atoms with Crippen molar-refractivity contribution in [2.24, 2.45) is 0 Å². The van der Waals surface area contributed by atoms with Gasteiger partial charge in [-0.2, -0.15) is 0 Å². The predicted octanol–water partition coefficient (Wildman–Crippen LogP) is 0.0201. The van der Waals surface area contributed by atoms with Gasteiger partial charge in [0.2, 0.25) is 5.91 Å². The van der Waals surface area contributed by atoms with Crippen LogP contribution in [0.25, 0.3) is 0 Å². The summed E-state index contributed by atoms with van der Waals surface area (Å²) in [5, 5.41) is 8.84. The lowest BCUT2D eigenvalue weighted by molar-refractivity contribution is -0.144. The standard InChI is InChI=1S/C12H21N3O4S/c1-13(2)5-6-15(9-11(17)18)10(16)3-4-14-7-8-20-12(14)19/h3-9H2,1-2H3,(H,17,18). The van der Waals surface area contributed by atoms with Crippen LogP contribution in [0.3, 0.4) is 0 Å². The van der Waals surface area contributed by atoms with Gasteiger partial charge in [-0.3, -0.25) is 14.4 Å². The van der Waals surface area contributed by atoms with E-state index in [2.05, 4.69) is 0 Å². The molecule has 114 valence electrons. The fourth-order valence-electron chi connectivity index (χ4n) is 1.79. The van der Waals surface area contributed by atoms with Crippen molar-refractivity contribution >= 4 is 28.9 Å². The minimum absolute atomic E-state index is 0.00382. The largest absolute Gasteiger partial charge is 0.480 e. The molecular weight excluding hydrogens is 282 g/mol. The molecule has 7 nitrogen and oxygen atoms in total. The van der Waals surface area contributed by atoms with E-state index >= 15 is 0 Å². The monoisotopic (exact) mass is 303 g/mol. The molecule has 0 aromatic rings. The van der Waals surface area contributed by atoms with E-state index in [1.807, 2.05) is 19.0 Å². The highest BCUT2D eigenvalue weighted by Gasteiger charge is 2.23. The van der Waals surface area contributed by atoms with Crippen molar-refractivity contribution in [3.63, 3.8) is 0 Å². The molecule has 20 heavy (non-hydrogen) atoms. The lowest BCUT2D eigenvalue weighted by atomic mass is 10.3. The molecule has 1 fully saturated rings. The lowest BCUT2D eigenvalue weighted by Gasteiger charge is -2.23. The van der Waals surface area contributed by atoms with Gasteiger partial charge in [-0.1, -0.05) is 11.8 Å². The average molecular weight is 303 g/mol. The Balaban J connectivity index is 2.44. The van der Waals surface area contributed by atoms with Gasteiger partial charge < -0.3 is 19.8 Å². The topological polar surface area (TPSA) is 81.2 Å². The van der Waals surface area contributed by atoms with Gasteiger partial charge in [-0.25, -0.2) is 0 Å². The maximum absolute atomic E-state index is 12.1. The fraction of sp³-hybridized carbons (Fsp3) is 0.750. The third-order valence-corrected chi connectivity index (χ3v) is 3.83. The molecule has 0 aromatic carbocycles. The van der Waals surface area contributed by atoms with E-state index in [1.54, 1.807) is 4.90 Å². The number of carboxylic acid groups (broad SMARTS) is 1. The molecule has 0 aliphatic carbocycles. The van der Waals surface area contributed by atoms with Crippen LogP contribution in [0.4, 0.5) is 4.79 Å². The van der Waals surface area contributed by atoms with E-state index in [4.69, 9.17) is 5.11 Å². The number of amides is 2. The number of hydrogen-bond donors (Lipinski definition) is 1. The number of nitrogens with zero attached hydrogens (tertiary/aromatic N) is 3. The van der Waals surface area contributed by atoms with E-state index in [-0.39, 0.29) is 24.1 Å². The molecule has 1 aliphatic rings. The first-order valence-corrected chi connectivity index (χ1v) is 7.44. The van der Waals surface area contributed by atoms with Gasteiger partial charge in [0.15, 0.2) is 0 Å². The number of rotatable bonds is 8. The average Bonchev–Trinajstić information content (AvgIpc) is 2.76. The van der Waals surface area contributed by atoms with Gasteiger partial charge in [0.1, 0.15) is 6.54 Å². The molecule has 0 spiro atoms. The third-order valence-electron chi connectivity index (χ3n) is 2.94. The summed E-state index contributed by atoms with van der Waals surface area (Å²) in [5.41, 5.74) is 0. The molecule has 1 saturated heterocycles. The molecular formula is C12H21N3O4S. The molecule has 1 aliphatic heterocycles. The number of hydrogen-bond acceptors (Lipinski definition) is 5. The van der Waals surface area contributed by atoms with Crippen molar-refractivity contribution in [1.82, 2.24) is 14.7 Å². The first-order valence-electron chi connectivity index (χ1n) is 6.46. The van der Waals surface area contributed by atoms with Gasteiger partial charge in [-0.15, -0.1) is 0 Å². The second kappa shape index (κ2) is 8.11. The van der Waals surface area contributed by atoms with Gasteiger partial charge in [0, 0.05) is 38.4 Å². The maximum Gasteiger partial charge on any atom is 0.323 e. The van der Waals surface area contributed by atoms with Gasteiger partial charge >= 0.3 is 5.97 Å². The molecule has 2 amide bonds. The third kappa shape index (κ3) is 5.79. The molecule has 0 unspecified atom stereocenters. The molecule has 1 rings (SSSR count). The summed E-state index contributed by atoms with van der Waals surface area (Å²) in [6.45, 7) is 1.71. The Morgan fingerprint density at radius 1 is 1.35 bits per heavy atom. The molecule has 0 radical (unpaired) electrons. The lowest BCUT2D eigenvalue weighted by Crippen LogP contribution is -2.41. The molecule has 0 saturated carbocycles. The van der Waals surface area contributed by atoms with Crippen LogP contribution in [0.2, 0.25) is 0 Å². The summed E-state index contributed by atoms with van der Waals surface area (Å²) < 4.78 is 0. The van der Waals surface area contributed by atoms with Crippen LogP contribution in [0.5, 0.6) is 0 Å². The first kappa shape index (κ1) is 16.8. The fourth-order valence-corrected chi connectivity index (χ4v) is 2.64. The van der Waals surface area contributed by atoms with Crippen LogP contribution in [0, 0.1) is 0 Å². The van der Waals surface area contributed by atoms with Crippen LogP contribution in [0.1, 0.15) is 6.42 Å². The second-order valence-corrected chi connectivity index (χ2v) is 5.91. The van der Waals surface area contributed by atoms with Crippen LogP contribution in [-0.2, 0) is 9.59 Å². The van der Waals surface area contributed by atoms with Crippen LogP contribution in [0.15, 0.2) is 0 Å². The summed E-state index contributed by atoms with van der Waals surface area (Å²) in [4.78, 5) is 39.1. The zero-order valence-electron chi connectivity index (χ0n) is 11.9. The van der Waals surface area contributed by atoms with Crippen LogP contribution < -0.4 is 0 Å². The molecule has 0 bridgehead atoms. The minimum atomic E-state index is -1.02. The van der Waals surface area contributed by atoms with Gasteiger partial charge in [-0.05, 0) is 14.1 Å². The van der Waals surface area contributed by atoms with E-state index in [0.717, 1.165) is 5.75 Å². The highest BCUT2D eigenvalue weighted by atomic mass is 32.2. The number of likely N-dealkylation sites (N-methyl/N-ethyl adjacent to an activating group) is 1. The van der Waals surface area contributed by atoms with Crippen molar-refractivity contribution in [2.45, 2.75) is 6.42 Å². The summed E-state index contributed by atoms with van der Waals surface area (Å²) in [6.07, 6.45) is 0.174. The number of thioether (sulfide) groups is 1. The quantitative estimate of drug-likeness (QED) is 0.681. The summed E-state index contributed by atoms with van der Waals surface area (Å²) in [6, 6.07) is 0. The smallest absolute Gasteiger partial charge is 0.323 e. The number of carbonyl (C=O) groups excluding carboxylic acids is 2. The van der Waals surface area contributed by atoms with E-state index in [0.29, 0.717) is 26.2 Å². The highest BCUT2D eigenvalue weighted by Crippen LogP contribution is 2.17.